The molecule has 0 bridgehead atoms. The molecule has 0 radical (unpaired) electrons. The fraction of sp³-hybridized carbons (Fsp3) is 0.308. The lowest BCUT2D eigenvalue weighted by Crippen LogP contribution is -2.05. The van der Waals surface area contributed by atoms with Crippen LogP contribution in [0.1, 0.15) is 12.0 Å². The van der Waals surface area contributed by atoms with E-state index >= 15 is 0 Å². The Morgan fingerprint density at radius 2 is 2.06 bits per heavy atom. The number of carbonyl (C=O) groups is 1. The summed E-state index contributed by atoms with van der Waals surface area (Å²) in [5.41, 5.74) is 1.23. The Hall–Kier alpha value is -1.39. The van der Waals surface area contributed by atoms with Gasteiger partial charge in [-0.05, 0) is 33.5 Å². The van der Waals surface area contributed by atoms with Crippen LogP contribution in [0.2, 0.25) is 0 Å². The smallest absolute Gasteiger partial charge is 0.305 e. The van der Waals surface area contributed by atoms with Crippen molar-refractivity contribution in [1.29, 1.82) is 0 Å². The van der Waals surface area contributed by atoms with Crippen molar-refractivity contribution < 1.29 is 14.6 Å². The molecule has 1 N–H and O–H groups in total. The van der Waals surface area contributed by atoms with E-state index in [9.17, 15) is 4.79 Å². The lowest BCUT2D eigenvalue weighted by Gasteiger charge is -2.03. The highest BCUT2D eigenvalue weighted by Crippen LogP contribution is 2.20. The van der Waals surface area contributed by atoms with Gasteiger partial charge in [0.05, 0.1) is 19.6 Å². The molecule has 0 atom stereocenters. The SMILES string of the molecule is O=C(O)CCOCCc1ccc2cscc2c1. The average molecular weight is 250 g/mol. The van der Waals surface area contributed by atoms with Gasteiger partial charge < -0.3 is 9.84 Å². The van der Waals surface area contributed by atoms with Crippen LogP contribution in [-0.4, -0.2) is 24.3 Å². The molecule has 1 heterocycles. The van der Waals surface area contributed by atoms with Crippen LogP contribution < -0.4 is 0 Å². The number of thiophene rings is 1. The van der Waals surface area contributed by atoms with Crippen LogP contribution in [0.25, 0.3) is 10.8 Å². The second kappa shape index (κ2) is 5.80. The number of hydrogen-bond acceptors (Lipinski definition) is 3. The van der Waals surface area contributed by atoms with Gasteiger partial charge in [-0.15, -0.1) is 0 Å². The highest BCUT2D eigenvalue weighted by Gasteiger charge is 1.99. The Morgan fingerprint density at radius 1 is 1.24 bits per heavy atom. The monoisotopic (exact) mass is 250 g/mol. The van der Waals surface area contributed by atoms with Crippen LogP contribution in [0.4, 0.5) is 0 Å². The minimum Gasteiger partial charge on any atom is -0.481 e. The van der Waals surface area contributed by atoms with Gasteiger partial charge in [-0.1, -0.05) is 18.2 Å². The number of aliphatic carboxylic acids is 1. The van der Waals surface area contributed by atoms with Crippen molar-refractivity contribution in [3.05, 3.63) is 34.5 Å². The number of carboxylic acid groups (broad SMARTS) is 1. The summed E-state index contributed by atoms with van der Waals surface area (Å²) in [6, 6.07) is 6.36. The van der Waals surface area contributed by atoms with Crippen molar-refractivity contribution in [3.8, 4) is 0 Å². The third kappa shape index (κ3) is 3.54. The van der Waals surface area contributed by atoms with E-state index in [0.29, 0.717) is 6.61 Å². The quantitative estimate of drug-likeness (QED) is 0.802. The Labute approximate surface area is 104 Å². The second-order valence-corrected chi connectivity index (χ2v) is 4.58. The Morgan fingerprint density at radius 3 is 2.88 bits per heavy atom. The third-order valence-electron chi connectivity index (χ3n) is 2.54. The zero-order valence-corrected chi connectivity index (χ0v) is 10.2. The van der Waals surface area contributed by atoms with Gasteiger partial charge in [0.1, 0.15) is 0 Å². The van der Waals surface area contributed by atoms with Crippen LogP contribution >= 0.6 is 11.3 Å². The summed E-state index contributed by atoms with van der Waals surface area (Å²) in [5, 5.41) is 15.2. The standard InChI is InChI=1S/C13H14O3S/c14-13(15)4-6-16-5-3-10-1-2-11-8-17-9-12(11)7-10/h1-2,7-9H,3-6H2,(H,14,15). The molecule has 0 aliphatic heterocycles. The van der Waals surface area contributed by atoms with Crippen LogP contribution in [0.5, 0.6) is 0 Å². The molecule has 0 amide bonds. The third-order valence-corrected chi connectivity index (χ3v) is 3.32. The van der Waals surface area contributed by atoms with Gasteiger partial charge in [0.15, 0.2) is 0 Å². The van der Waals surface area contributed by atoms with E-state index in [1.165, 1.54) is 16.3 Å². The predicted molar refractivity (Wildman–Crippen MR) is 68.6 cm³/mol. The number of rotatable bonds is 6. The lowest BCUT2D eigenvalue weighted by atomic mass is 10.1. The summed E-state index contributed by atoms with van der Waals surface area (Å²) in [6.07, 6.45) is 0.898. The molecule has 0 spiro atoms. The van der Waals surface area contributed by atoms with Crippen LogP contribution in [-0.2, 0) is 16.0 Å². The molecule has 0 saturated heterocycles. The predicted octanol–water partition coefficient (Wildman–Crippen LogP) is 2.94. The van der Waals surface area contributed by atoms with Gasteiger partial charge in [0, 0.05) is 0 Å². The lowest BCUT2D eigenvalue weighted by molar-refractivity contribution is -0.138. The molecule has 0 saturated carbocycles. The Kier molecular flexibility index (Phi) is 4.12. The molecule has 17 heavy (non-hydrogen) atoms. The van der Waals surface area contributed by atoms with Crippen molar-refractivity contribution in [2.45, 2.75) is 12.8 Å². The fourth-order valence-electron chi connectivity index (χ4n) is 1.62. The van der Waals surface area contributed by atoms with E-state index in [-0.39, 0.29) is 13.0 Å². The van der Waals surface area contributed by atoms with Gasteiger partial charge in [0.2, 0.25) is 0 Å². The topological polar surface area (TPSA) is 46.5 Å². The number of ether oxygens (including phenoxy) is 1. The summed E-state index contributed by atoms with van der Waals surface area (Å²) in [7, 11) is 0. The molecule has 3 nitrogen and oxygen atoms in total. The number of hydrogen-bond donors (Lipinski definition) is 1. The zero-order valence-electron chi connectivity index (χ0n) is 9.39. The van der Waals surface area contributed by atoms with Gasteiger partial charge in [-0.2, -0.15) is 11.3 Å². The highest BCUT2D eigenvalue weighted by atomic mass is 32.1. The van der Waals surface area contributed by atoms with E-state index in [2.05, 4.69) is 29.0 Å². The number of benzene rings is 1. The normalized spacial score (nSPS) is 10.8. The molecule has 1 aromatic heterocycles. The minimum atomic E-state index is -0.815. The molecule has 2 rings (SSSR count). The summed E-state index contributed by atoms with van der Waals surface area (Å²) in [4.78, 5) is 10.3. The fourth-order valence-corrected chi connectivity index (χ4v) is 2.40. The van der Waals surface area contributed by atoms with Gasteiger partial charge >= 0.3 is 5.97 Å². The summed E-state index contributed by atoms with van der Waals surface area (Å²) < 4.78 is 5.26. The van der Waals surface area contributed by atoms with Crippen molar-refractivity contribution in [2.75, 3.05) is 13.2 Å². The molecule has 1 aromatic carbocycles. The minimum absolute atomic E-state index is 0.0730. The van der Waals surface area contributed by atoms with Crippen molar-refractivity contribution in [1.82, 2.24) is 0 Å². The molecule has 0 unspecified atom stereocenters. The van der Waals surface area contributed by atoms with Gasteiger partial charge in [-0.3, -0.25) is 4.79 Å². The molecule has 4 heteroatoms. The van der Waals surface area contributed by atoms with Crippen LogP contribution in [0.3, 0.4) is 0 Å². The van der Waals surface area contributed by atoms with E-state index in [1.54, 1.807) is 11.3 Å². The molecule has 90 valence electrons. The summed E-state index contributed by atoms with van der Waals surface area (Å²) in [6.45, 7) is 0.860. The van der Waals surface area contributed by atoms with Crippen LogP contribution in [0, 0.1) is 0 Å². The Bertz CT molecular complexity index is 504. The molecule has 0 aliphatic rings. The first-order valence-corrected chi connectivity index (χ1v) is 6.44. The van der Waals surface area contributed by atoms with E-state index in [4.69, 9.17) is 9.84 Å². The molecular formula is C13H14O3S. The first-order valence-electron chi connectivity index (χ1n) is 5.50. The molecule has 0 aliphatic carbocycles. The zero-order chi connectivity index (χ0) is 12.1. The van der Waals surface area contributed by atoms with Gasteiger partial charge in [0.25, 0.3) is 0 Å². The maximum Gasteiger partial charge on any atom is 0.305 e. The van der Waals surface area contributed by atoms with E-state index in [1.807, 2.05) is 0 Å². The average Bonchev–Trinajstić information content (AvgIpc) is 2.75. The van der Waals surface area contributed by atoms with Gasteiger partial charge in [-0.25, -0.2) is 0 Å². The Balaban J connectivity index is 1.80. The summed E-state index contributed by atoms with van der Waals surface area (Å²) >= 11 is 1.70. The number of carboxylic acids is 1. The maximum atomic E-state index is 10.3. The van der Waals surface area contributed by atoms with Crippen molar-refractivity contribution in [2.24, 2.45) is 0 Å². The van der Waals surface area contributed by atoms with Crippen LogP contribution in [0.15, 0.2) is 29.0 Å². The largest absolute Gasteiger partial charge is 0.481 e. The molecule has 0 fully saturated rings. The molecule has 2 aromatic rings. The van der Waals surface area contributed by atoms with Crippen molar-refractivity contribution in [3.63, 3.8) is 0 Å². The molecular weight excluding hydrogens is 236 g/mol. The second-order valence-electron chi connectivity index (χ2n) is 3.84. The first-order chi connectivity index (χ1) is 8.25. The van der Waals surface area contributed by atoms with E-state index in [0.717, 1.165) is 6.42 Å². The van der Waals surface area contributed by atoms with E-state index < -0.39 is 5.97 Å². The maximum absolute atomic E-state index is 10.3. The number of fused-ring (bicyclic) bond motifs is 1. The summed E-state index contributed by atoms with van der Waals surface area (Å²) in [5.74, 6) is -0.815. The highest BCUT2D eigenvalue weighted by molar-refractivity contribution is 7.09. The van der Waals surface area contributed by atoms with Crippen molar-refractivity contribution >= 4 is 28.1 Å². The first kappa shape index (κ1) is 12.1.